The Kier molecular flexibility index (Phi) is 6.39. The van der Waals surface area contributed by atoms with Gasteiger partial charge in [-0.05, 0) is 62.3 Å². The Hall–Kier alpha value is -2.86. The number of hydrogen-bond acceptors (Lipinski definition) is 5. The van der Waals surface area contributed by atoms with Crippen LogP contribution in [0, 0.1) is 5.92 Å². The number of aromatic nitrogens is 3. The van der Waals surface area contributed by atoms with Crippen molar-refractivity contribution in [2.24, 2.45) is 5.92 Å². The average Bonchev–Trinajstić information content (AvgIpc) is 3.22. The van der Waals surface area contributed by atoms with Gasteiger partial charge < -0.3 is 18.9 Å². The van der Waals surface area contributed by atoms with Gasteiger partial charge in [0, 0.05) is 31.9 Å². The number of benzene rings is 1. The second-order valence-electron chi connectivity index (χ2n) is 8.87. The lowest BCUT2D eigenvalue weighted by molar-refractivity contribution is 0.156. The summed E-state index contributed by atoms with van der Waals surface area (Å²) in [6.07, 6.45) is 12.6. The SMILES string of the molecule is COc1ccccc1OCc1nc2cccnc2n1C1CCN(CC2CC=CCC2)CC1. The van der Waals surface area contributed by atoms with Crippen molar-refractivity contribution in [1.82, 2.24) is 19.4 Å². The first-order valence-electron chi connectivity index (χ1n) is 11.8. The second kappa shape index (κ2) is 9.74. The standard InChI is InChI=1S/C26H32N4O2/c1-31-23-11-5-6-12-24(23)32-19-25-28-22-10-7-15-27-26(22)30(25)21-13-16-29(17-14-21)18-20-8-3-2-4-9-20/h2-3,5-7,10-12,15,20-21H,4,8-9,13-14,16-19H2,1H3. The monoisotopic (exact) mass is 432 g/mol. The number of para-hydroxylation sites is 2. The lowest BCUT2D eigenvalue weighted by atomic mass is 9.93. The highest BCUT2D eigenvalue weighted by Gasteiger charge is 2.26. The van der Waals surface area contributed by atoms with Crippen LogP contribution in [-0.4, -0.2) is 46.2 Å². The van der Waals surface area contributed by atoms with Gasteiger partial charge in [0.2, 0.25) is 0 Å². The van der Waals surface area contributed by atoms with E-state index in [9.17, 15) is 0 Å². The number of methoxy groups -OCH3 is 1. The van der Waals surface area contributed by atoms with Crippen LogP contribution in [0.4, 0.5) is 0 Å². The molecule has 1 aliphatic carbocycles. The van der Waals surface area contributed by atoms with E-state index in [1.165, 1.54) is 25.8 Å². The topological polar surface area (TPSA) is 52.4 Å². The molecule has 0 bridgehead atoms. The number of fused-ring (bicyclic) bond motifs is 1. The summed E-state index contributed by atoms with van der Waals surface area (Å²) in [5, 5.41) is 0. The van der Waals surface area contributed by atoms with Gasteiger partial charge in [0.1, 0.15) is 17.9 Å². The molecule has 1 atom stereocenters. The van der Waals surface area contributed by atoms with Gasteiger partial charge in [-0.2, -0.15) is 0 Å². The predicted octanol–water partition coefficient (Wildman–Crippen LogP) is 5.01. The van der Waals surface area contributed by atoms with Crippen LogP contribution in [0.3, 0.4) is 0 Å². The molecule has 2 aliphatic rings. The van der Waals surface area contributed by atoms with E-state index < -0.39 is 0 Å². The molecule has 168 valence electrons. The summed E-state index contributed by atoms with van der Waals surface area (Å²) >= 11 is 0. The van der Waals surface area contributed by atoms with Crippen molar-refractivity contribution in [3.63, 3.8) is 0 Å². The van der Waals surface area contributed by atoms with Crippen LogP contribution in [0.25, 0.3) is 11.2 Å². The van der Waals surface area contributed by atoms with Crippen LogP contribution >= 0.6 is 0 Å². The molecule has 1 aliphatic heterocycles. The van der Waals surface area contributed by atoms with Crippen LogP contribution < -0.4 is 9.47 Å². The number of nitrogens with zero attached hydrogens (tertiary/aromatic N) is 4. The zero-order valence-corrected chi connectivity index (χ0v) is 18.8. The normalized spacial score (nSPS) is 20.0. The van der Waals surface area contributed by atoms with E-state index in [4.69, 9.17) is 14.5 Å². The molecule has 0 amide bonds. The van der Waals surface area contributed by atoms with E-state index in [0.717, 1.165) is 60.3 Å². The molecule has 1 saturated heterocycles. The molecular formula is C26H32N4O2. The zero-order valence-electron chi connectivity index (χ0n) is 18.8. The Balaban J connectivity index is 1.31. The fourth-order valence-electron chi connectivity index (χ4n) is 5.09. The minimum absolute atomic E-state index is 0.394. The first kappa shape index (κ1) is 21.0. The van der Waals surface area contributed by atoms with Gasteiger partial charge in [-0.1, -0.05) is 24.3 Å². The van der Waals surface area contributed by atoms with E-state index in [0.29, 0.717) is 12.6 Å². The average molecular weight is 433 g/mol. The first-order chi connectivity index (χ1) is 15.8. The molecule has 3 aromatic rings. The molecule has 1 unspecified atom stereocenters. The zero-order chi connectivity index (χ0) is 21.8. The number of allylic oxidation sites excluding steroid dienone is 2. The summed E-state index contributed by atoms with van der Waals surface area (Å²) < 4.78 is 13.9. The van der Waals surface area contributed by atoms with Crippen LogP contribution in [0.1, 0.15) is 44.0 Å². The van der Waals surface area contributed by atoms with Crippen molar-refractivity contribution >= 4 is 11.2 Å². The number of hydrogen-bond donors (Lipinski definition) is 0. The summed E-state index contributed by atoms with van der Waals surface area (Å²) in [4.78, 5) is 12.2. The minimum atomic E-state index is 0.394. The van der Waals surface area contributed by atoms with Gasteiger partial charge in [-0.25, -0.2) is 9.97 Å². The Morgan fingerprint density at radius 3 is 2.62 bits per heavy atom. The number of piperidine rings is 1. The molecule has 0 saturated carbocycles. The van der Waals surface area contributed by atoms with Gasteiger partial charge in [0.25, 0.3) is 0 Å². The lowest BCUT2D eigenvalue weighted by Crippen LogP contribution is -2.38. The van der Waals surface area contributed by atoms with E-state index in [2.05, 4.69) is 26.6 Å². The third kappa shape index (κ3) is 4.51. The Bertz CT molecular complexity index is 1070. The third-order valence-electron chi connectivity index (χ3n) is 6.76. The highest BCUT2D eigenvalue weighted by molar-refractivity contribution is 5.71. The molecule has 32 heavy (non-hydrogen) atoms. The van der Waals surface area contributed by atoms with Crippen molar-refractivity contribution in [2.75, 3.05) is 26.7 Å². The van der Waals surface area contributed by atoms with Gasteiger partial charge in [-0.15, -0.1) is 0 Å². The lowest BCUT2D eigenvalue weighted by Gasteiger charge is -2.35. The maximum absolute atomic E-state index is 6.14. The molecular weight excluding hydrogens is 400 g/mol. The summed E-state index contributed by atoms with van der Waals surface area (Å²) in [7, 11) is 1.67. The largest absolute Gasteiger partial charge is 0.493 e. The first-order valence-corrected chi connectivity index (χ1v) is 11.8. The van der Waals surface area contributed by atoms with Crippen molar-refractivity contribution in [3.05, 3.63) is 60.6 Å². The molecule has 1 fully saturated rings. The molecule has 0 spiro atoms. The quantitative estimate of drug-likeness (QED) is 0.491. The molecule has 6 heteroatoms. The summed E-state index contributed by atoms with van der Waals surface area (Å²) in [6.45, 7) is 3.88. The molecule has 3 heterocycles. The van der Waals surface area contributed by atoms with Gasteiger partial charge >= 0.3 is 0 Å². The Morgan fingerprint density at radius 1 is 1.00 bits per heavy atom. The fourth-order valence-corrected chi connectivity index (χ4v) is 5.09. The van der Waals surface area contributed by atoms with E-state index in [1.807, 2.05) is 42.6 Å². The van der Waals surface area contributed by atoms with Gasteiger partial charge in [0.05, 0.1) is 7.11 Å². The smallest absolute Gasteiger partial charge is 0.161 e. The van der Waals surface area contributed by atoms with Crippen LogP contribution in [0.2, 0.25) is 0 Å². The van der Waals surface area contributed by atoms with Crippen LogP contribution in [0.5, 0.6) is 11.5 Å². The highest BCUT2D eigenvalue weighted by atomic mass is 16.5. The van der Waals surface area contributed by atoms with Crippen LogP contribution in [-0.2, 0) is 6.61 Å². The number of pyridine rings is 1. The highest BCUT2D eigenvalue weighted by Crippen LogP contribution is 2.31. The summed E-state index contributed by atoms with van der Waals surface area (Å²) in [5.41, 5.74) is 1.89. The summed E-state index contributed by atoms with van der Waals surface area (Å²) in [5.74, 6) is 3.22. The fraction of sp³-hybridized carbons (Fsp3) is 0.462. The Morgan fingerprint density at radius 2 is 1.84 bits per heavy atom. The molecule has 2 aromatic heterocycles. The number of ether oxygens (including phenoxy) is 2. The maximum atomic E-state index is 6.14. The van der Waals surface area contributed by atoms with E-state index in [-0.39, 0.29) is 0 Å². The van der Waals surface area contributed by atoms with Gasteiger partial charge in [0.15, 0.2) is 17.1 Å². The summed E-state index contributed by atoms with van der Waals surface area (Å²) in [6, 6.07) is 12.1. The van der Waals surface area contributed by atoms with Crippen molar-refractivity contribution in [2.45, 2.75) is 44.8 Å². The second-order valence-corrected chi connectivity index (χ2v) is 8.87. The molecule has 5 rings (SSSR count). The molecule has 0 radical (unpaired) electrons. The molecule has 0 N–H and O–H groups in total. The minimum Gasteiger partial charge on any atom is -0.493 e. The number of rotatable bonds is 7. The Labute approximate surface area is 189 Å². The maximum Gasteiger partial charge on any atom is 0.161 e. The number of likely N-dealkylation sites (tertiary alicyclic amines) is 1. The molecule has 1 aromatic carbocycles. The number of imidazole rings is 1. The molecule has 6 nitrogen and oxygen atoms in total. The predicted molar refractivity (Wildman–Crippen MR) is 126 cm³/mol. The van der Waals surface area contributed by atoms with Crippen molar-refractivity contribution in [1.29, 1.82) is 0 Å². The third-order valence-corrected chi connectivity index (χ3v) is 6.76. The van der Waals surface area contributed by atoms with Crippen molar-refractivity contribution < 1.29 is 9.47 Å². The van der Waals surface area contributed by atoms with E-state index >= 15 is 0 Å². The van der Waals surface area contributed by atoms with E-state index in [1.54, 1.807) is 7.11 Å². The van der Waals surface area contributed by atoms with Crippen molar-refractivity contribution in [3.8, 4) is 11.5 Å². The van der Waals surface area contributed by atoms with Gasteiger partial charge in [-0.3, -0.25) is 0 Å². The van der Waals surface area contributed by atoms with Crippen LogP contribution in [0.15, 0.2) is 54.7 Å².